The van der Waals surface area contributed by atoms with E-state index in [1.807, 2.05) is 6.92 Å². The van der Waals surface area contributed by atoms with Gasteiger partial charge in [-0.3, -0.25) is 0 Å². The minimum Gasteiger partial charge on any atom is -0.434 e. The molecule has 0 aromatic carbocycles. The van der Waals surface area contributed by atoms with Crippen molar-refractivity contribution in [1.82, 2.24) is 0 Å². The summed E-state index contributed by atoms with van der Waals surface area (Å²) >= 11 is 0. The van der Waals surface area contributed by atoms with Crippen molar-refractivity contribution < 1.29 is 19.0 Å². The molecule has 4 nitrogen and oxygen atoms in total. The number of carbonyl (C=O) groups excluding carboxylic acids is 1. The van der Waals surface area contributed by atoms with Crippen molar-refractivity contribution in [3.05, 3.63) is 0 Å². The molecular weight excluding hydrogens is 136 g/mol. The van der Waals surface area contributed by atoms with E-state index in [4.69, 9.17) is 0 Å². The Morgan fingerprint density at radius 3 is 2.60 bits per heavy atom. The number of hydrogen-bond acceptors (Lipinski definition) is 4. The molecule has 0 aliphatic carbocycles. The maximum absolute atomic E-state index is 10.4. The summed E-state index contributed by atoms with van der Waals surface area (Å²) in [5.74, 6) is 0. The lowest BCUT2D eigenvalue weighted by atomic mass is 10.5. The van der Waals surface area contributed by atoms with Crippen LogP contribution in [0.4, 0.5) is 4.79 Å². The van der Waals surface area contributed by atoms with Crippen molar-refractivity contribution in [1.29, 1.82) is 0 Å². The monoisotopic (exact) mass is 148 g/mol. The third-order valence-electron chi connectivity index (χ3n) is 0.719. The van der Waals surface area contributed by atoms with E-state index in [0.29, 0.717) is 6.61 Å². The molecule has 60 valence electrons. The maximum atomic E-state index is 10.4. The zero-order valence-corrected chi connectivity index (χ0v) is 6.25. The summed E-state index contributed by atoms with van der Waals surface area (Å²) in [7, 11) is 1.44. The molecule has 0 saturated heterocycles. The SMILES string of the molecule is CCCOC(=O)OCOC. The normalized spacial score (nSPS) is 9.00. The summed E-state index contributed by atoms with van der Waals surface area (Å²) in [6.45, 7) is 2.24. The molecule has 0 atom stereocenters. The summed E-state index contributed by atoms with van der Waals surface area (Å²) in [6.07, 6.45) is 0.117. The second-order valence-electron chi connectivity index (χ2n) is 1.65. The van der Waals surface area contributed by atoms with E-state index in [1.54, 1.807) is 0 Å². The van der Waals surface area contributed by atoms with Crippen LogP contribution in [-0.4, -0.2) is 26.7 Å². The lowest BCUT2D eigenvalue weighted by Gasteiger charge is -2.02. The van der Waals surface area contributed by atoms with Crippen LogP contribution in [-0.2, 0) is 14.2 Å². The van der Waals surface area contributed by atoms with Crippen molar-refractivity contribution in [3.8, 4) is 0 Å². The Kier molecular flexibility index (Phi) is 5.86. The Labute approximate surface area is 60.1 Å². The maximum Gasteiger partial charge on any atom is 0.510 e. The first-order valence-electron chi connectivity index (χ1n) is 3.09. The van der Waals surface area contributed by atoms with Gasteiger partial charge in [0.25, 0.3) is 0 Å². The number of rotatable bonds is 4. The molecule has 0 aliphatic heterocycles. The molecule has 0 N–H and O–H groups in total. The first-order chi connectivity index (χ1) is 4.81. The van der Waals surface area contributed by atoms with Gasteiger partial charge in [-0.25, -0.2) is 4.79 Å². The van der Waals surface area contributed by atoms with Crippen molar-refractivity contribution in [2.75, 3.05) is 20.5 Å². The summed E-state index contributed by atoms with van der Waals surface area (Å²) < 4.78 is 13.4. The molecule has 0 amide bonds. The van der Waals surface area contributed by atoms with Crippen molar-refractivity contribution >= 4 is 6.16 Å². The van der Waals surface area contributed by atoms with Crippen LogP contribution in [0.5, 0.6) is 0 Å². The number of ether oxygens (including phenoxy) is 3. The lowest BCUT2D eigenvalue weighted by Crippen LogP contribution is -2.09. The smallest absolute Gasteiger partial charge is 0.434 e. The molecule has 0 aromatic heterocycles. The molecule has 0 spiro atoms. The van der Waals surface area contributed by atoms with Crippen LogP contribution in [0.2, 0.25) is 0 Å². The predicted octanol–water partition coefficient (Wildman–Crippen LogP) is 1.15. The van der Waals surface area contributed by atoms with Crippen LogP contribution in [0.15, 0.2) is 0 Å². The minimum absolute atomic E-state index is 0.0530. The van der Waals surface area contributed by atoms with E-state index < -0.39 is 6.16 Å². The standard InChI is InChI=1S/C6H12O4/c1-3-4-9-6(7)10-5-8-2/h3-5H2,1-2H3. The van der Waals surface area contributed by atoms with Crippen LogP contribution in [0.3, 0.4) is 0 Å². The van der Waals surface area contributed by atoms with Gasteiger partial charge >= 0.3 is 6.16 Å². The Morgan fingerprint density at radius 2 is 2.10 bits per heavy atom. The first-order valence-corrected chi connectivity index (χ1v) is 3.09. The van der Waals surface area contributed by atoms with E-state index in [2.05, 4.69) is 14.2 Å². The van der Waals surface area contributed by atoms with Gasteiger partial charge in [-0.05, 0) is 6.42 Å². The Hall–Kier alpha value is -0.770. The summed E-state index contributed by atoms with van der Waals surface area (Å²) in [4.78, 5) is 10.4. The van der Waals surface area contributed by atoms with Crippen LogP contribution in [0, 0.1) is 0 Å². The average molecular weight is 148 g/mol. The fraction of sp³-hybridized carbons (Fsp3) is 0.833. The highest BCUT2D eigenvalue weighted by molar-refractivity contribution is 5.59. The van der Waals surface area contributed by atoms with E-state index in [9.17, 15) is 4.79 Å². The van der Waals surface area contributed by atoms with Gasteiger partial charge in [0, 0.05) is 7.11 Å². The highest BCUT2D eigenvalue weighted by Crippen LogP contribution is 1.86. The molecule has 10 heavy (non-hydrogen) atoms. The van der Waals surface area contributed by atoms with Gasteiger partial charge in [0.2, 0.25) is 0 Å². The molecule has 0 rings (SSSR count). The third kappa shape index (κ3) is 5.37. The van der Waals surface area contributed by atoms with E-state index in [0.717, 1.165) is 6.42 Å². The van der Waals surface area contributed by atoms with Gasteiger partial charge in [0.1, 0.15) is 0 Å². The molecular formula is C6H12O4. The Morgan fingerprint density at radius 1 is 1.40 bits per heavy atom. The van der Waals surface area contributed by atoms with Crippen LogP contribution in [0.1, 0.15) is 13.3 Å². The van der Waals surface area contributed by atoms with Gasteiger partial charge in [-0.15, -0.1) is 0 Å². The largest absolute Gasteiger partial charge is 0.510 e. The average Bonchev–Trinajstić information content (AvgIpc) is 1.97. The van der Waals surface area contributed by atoms with Crippen molar-refractivity contribution in [2.45, 2.75) is 13.3 Å². The van der Waals surface area contributed by atoms with Crippen LogP contribution in [0.25, 0.3) is 0 Å². The quantitative estimate of drug-likeness (QED) is 0.443. The second-order valence-corrected chi connectivity index (χ2v) is 1.65. The second kappa shape index (κ2) is 6.35. The number of methoxy groups -OCH3 is 1. The van der Waals surface area contributed by atoms with Gasteiger partial charge in [-0.1, -0.05) is 6.92 Å². The molecule has 0 heterocycles. The van der Waals surface area contributed by atoms with E-state index >= 15 is 0 Å². The van der Waals surface area contributed by atoms with Gasteiger partial charge in [-0.2, -0.15) is 0 Å². The third-order valence-corrected chi connectivity index (χ3v) is 0.719. The fourth-order valence-corrected chi connectivity index (χ4v) is 0.334. The molecule has 0 radical (unpaired) electrons. The Bertz CT molecular complexity index is 81.7. The highest BCUT2D eigenvalue weighted by atomic mass is 16.8. The van der Waals surface area contributed by atoms with Gasteiger partial charge in [0.05, 0.1) is 6.61 Å². The van der Waals surface area contributed by atoms with Crippen LogP contribution >= 0.6 is 0 Å². The van der Waals surface area contributed by atoms with E-state index in [1.165, 1.54) is 7.11 Å². The predicted molar refractivity (Wildman–Crippen MR) is 34.6 cm³/mol. The van der Waals surface area contributed by atoms with Gasteiger partial charge in [0.15, 0.2) is 6.79 Å². The molecule has 0 fully saturated rings. The Balaban J connectivity index is 3.09. The molecule has 0 aromatic rings. The topological polar surface area (TPSA) is 44.8 Å². The lowest BCUT2D eigenvalue weighted by molar-refractivity contribution is -0.0260. The van der Waals surface area contributed by atoms with Crippen LogP contribution < -0.4 is 0 Å². The summed E-state index contributed by atoms with van der Waals surface area (Å²) in [5, 5.41) is 0. The van der Waals surface area contributed by atoms with Gasteiger partial charge < -0.3 is 14.2 Å². The van der Waals surface area contributed by atoms with E-state index in [-0.39, 0.29) is 6.79 Å². The zero-order chi connectivity index (χ0) is 7.82. The van der Waals surface area contributed by atoms with Crippen molar-refractivity contribution in [3.63, 3.8) is 0 Å². The molecule has 0 bridgehead atoms. The summed E-state index contributed by atoms with van der Waals surface area (Å²) in [6, 6.07) is 0. The first kappa shape index (κ1) is 9.23. The molecule has 0 unspecified atom stereocenters. The summed E-state index contributed by atoms with van der Waals surface area (Å²) in [5.41, 5.74) is 0. The zero-order valence-electron chi connectivity index (χ0n) is 6.25. The fourth-order valence-electron chi connectivity index (χ4n) is 0.334. The highest BCUT2D eigenvalue weighted by Gasteiger charge is 1.99. The molecule has 4 heteroatoms. The number of hydrogen-bond donors (Lipinski definition) is 0. The minimum atomic E-state index is -0.677. The molecule has 0 saturated carbocycles. The van der Waals surface area contributed by atoms with Crippen molar-refractivity contribution in [2.24, 2.45) is 0 Å². The molecule has 0 aliphatic rings. The number of carbonyl (C=O) groups is 1.